The van der Waals surface area contributed by atoms with Crippen molar-refractivity contribution in [2.24, 2.45) is 5.92 Å². The molecule has 0 spiro atoms. The molecule has 0 aliphatic carbocycles. The Labute approximate surface area is 142 Å². The fourth-order valence-corrected chi connectivity index (χ4v) is 3.07. The summed E-state index contributed by atoms with van der Waals surface area (Å²) in [5.41, 5.74) is 0.950. The Morgan fingerprint density at radius 2 is 2.04 bits per heavy atom. The largest absolute Gasteiger partial charge is 0.481 e. The molecule has 2 N–H and O–H groups in total. The van der Waals surface area contributed by atoms with Crippen molar-refractivity contribution in [3.05, 3.63) is 35.9 Å². The van der Waals surface area contributed by atoms with Crippen LogP contribution in [-0.2, 0) is 16.1 Å². The Hall–Kier alpha value is -2.08. The number of hydrogen-bond donors (Lipinski definition) is 2. The maximum absolute atomic E-state index is 12.0. The number of ether oxygens (including phenoxy) is 1. The zero-order valence-corrected chi connectivity index (χ0v) is 14.1. The van der Waals surface area contributed by atoms with Gasteiger partial charge >= 0.3 is 12.1 Å². The molecule has 0 saturated carbocycles. The molecule has 0 radical (unpaired) electrons. The third-order valence-corrected chi connectivity index (χ3v) is 4.37. The van der Waals surface area contributed by atoms with Crippen LogP contribution < -0.4 is 5.32 Å². The van der Waals surface area contributed by atoms with Gasteiger partial charge < -0.3 is 20.1 Å². The number of rotatable bonds is 7. The second-order valence-corrected chi connectivity index (χ2v) is 6.32. The molecule has 1 fully saturated rings. The topological polar surface area (TPSA) is 78.9 Å². The lowest BCUT2D eigenvalue weighted by Crippen LogP contribution is -2.51. The summed E-state index contributed by atoms with van der Waals surface area (Å²) in [6.45, 7) is 4.45. The molecule has 132 valence electrons. The average Bonchev–Trinajstić information content (AvgIpc) is 2.59. The van der Waals surface area contributed by atoms with E-state index < -0.39 is 12.1 Å². The summed E-state index contributed by atoms with van der Waals surface area (Å²) in [6.07, 6.45) is 1.63. The molecule has 1 heterocycles. The Morgan fingerprint density at radius 1 is 1.29 bits per heavy atom. The first kappa shape index (κ1) is 18.3. The molecule has 1 saturated heterocycles. The number of hydrogen-bond acceptors (Lipinski definition) is 4. The van der Waals surface area contributed by atoms with Gasteiger partial charge in [-0.2, -0.15) is 0 Å². The number of nitrogens with one attached hydrogen (secondary N) is 1. The molecule has 6 heteroatoms. The molecule has 1 aromatic rings. The first-order valence-corrected chi connectivity index (χ1v) is 8.48. The SMILES string of the molecule is CCC1CC(NC(=O)OCc2ccccc2)CN(CCC(=O)O)C1. The number of nitrogens with zero attached hydrogens (tertiary/aromatic N) is 1. The summed E-state index contributed by atoms with van der Waals surface area (Å²) >= 11 is 0. The highest BCUT2D eigenvalue weighted by atomic mass is 16.5. The highest BCUT2D eigenvalue weighted by Crippen LogP contribution is 2.20. The number of amides is 1. The maximum Gasteiger partial charge on any atom is 0.407 e. The highest BCUT2D eigenvalue weighted by molar-refractivity contribution is 5.67. The number of aliphatic carboxylic acids is 1. The molecule has 2 unspecified atom stereocenters. The first-order chi connectivity index (χ1) is 11.6. The Balaban J connectivity index is 1.80. The van der Waals surface area contributed by atoms with E-state index in [1.165, 1.54) is 0 Å². The molecule has 0 bridgehead atoms. The summed E-state index contributed by atoms with van der Waals surface area (Å²) in [4.78, 5) is 24.9. The second-order valence-electron chi connectivity index (χ2n) is 6.32. The van der Waals surface area contributed by atoms with Crippen molar-refractivity contribution in [1.29, 1.82) is 0 Å². The molecule has 1 amide bonds. The van der Waals surface area contributed by atoms with Crippen molar-refractivity contribution < 1.29 is 19.4 Å². The normalized spacial score (nSPS) is 21.2. The summed E-state index contributed by atoms with van der Waals surface area (Å²) < 4.78 is 5.27. The summed E-state index contributed by atoms with van der Waals surface area (Å²) in [7, 11) is 0. The number of carbonyl (C=O) groups excluding carboxylic acids is 1. The van der Waals surface area contributed by atoms with Gasteiger partial charge in [-0.3, -0.25) is 4.79 Å². The van der Waals surface area contributed by atoms with Gasteiger partial charge in [0.15, 0.2) is 0 Å². The first-order valence-electron chi connectivity index (χ1n) is 8.48. The van der Waals surface area contributed by atoms with Gasteiger partial charge in [0.05, 0.1) is 6.42 Å². The summed E-state index contributed by atoms with van der Waals surface area (Å²) in [6, 6.07) is 9.56. The minimum Gasteiger partial charge on any atom is -0.481 e. The van der Waals surface area contributed by atoms with Crippen LogP contribution in [0.4, 0.5) is 4.79 Å². The third kappa shape index (κ3) is 6.20. The van der Waals surface area contributed by atoms with E-state index in [1.807, 2.05) is 30.3 Å². The van der Waals surface area contributed by atoms with Gasteiger partial charge in [-0.25, -0.2) is 4.79 Å². The fraction of sp³-hybridized carbons (Fsp3) is 0.556. The van der Waals surface area contributed by atoms with E-state index >= 15 is 0 Å². The van der Waals surface area contributed by atoms with Gasteiger partial charge in [0.2, 0.25) is 0 Å². The summed E-state index contributed by atoms with van der Waals surface area (Å²) in [5, 5.41) is 11.8. The van der Waals surface area contributed by atoms with Crippen LogP contribution in [0.15, 0.2) is 30.3 Å². The van der Waals surface area contributed by atoms with E-state index in [4.69, 9.17) is 9.84 Å². The van der Waals surface area contributed by atoms with E-state index in [1.54, 1.807) is 0 Å². The van der Waals surface area contributed by atoms with Crippen LogP contribution in [0.3, 0.4) is 0 Å². The van der Waals surface area contributed by atoms with Gasteiger partial charge in [-0.05, 0) is 17.9 Å². The van der Waals surface area contributed by atoms with Crippen molar-refractivity contribution in [1.82, 2.24) is 10.2 Å². The van der Waals surface area contributed by atoms with E-state index in [-0.39, 0.29) is 19.1 Å². The zero-order chi connectivity index (χ0) is 17.4. The monoisotopic (exact) mass is 334 g/mol. The predicted molar refractivity (Wildman–Crippen MR) is 90.6 cm³/mol. The van der Waals surface area contributed by atoms with Crippen LogP contribution in [0.1, 0.15) is 31.7 Å². The van der Waals surface area contributed by atoms with E-state index in [0.717, 1.165) is 24.9 Å². The number of carboxylic acid groups (broad SMARTS) is 1. The smallest absolute Gasteiger partial charge is 0.407 e. The van der Waals surface area contributed by atoms with E-state index in [2.05, 4.69) is 17.1 Å². The molecule has 1 aromatic carbocycles. The number of piperidine rings is 1. The van der Waals surface area contributed by atoms with Crippen molar-refractivity contribution in [2.45, 2.75) is 38.8 Å². The molecule has 6 nitrogen and oxygen atoms in total. The van der Waals surface area contributed by atoms with Crippen LogP contribution in [0.25, 0.3) is 0 Å². The molecular weight excluding hydrogens is 308 g/mol. The Kier molecular flexibility index (Phi) is 7.06. The molecular formula is C18H26N2O4. The molecule has 2 rings (SSSR count). The maximum atomic E-state index is 12.0. The Morgan fingerprint density at radius 3 is 2.71 bits per heavy atom. The summed E-state index contributed by atoms with van der Waals surface area (Å²) in [5.74, 6) is -0.327. The lowest BCUT2D eigenvalue weighted by atomic mass is 9.92. The number of benzene rings is 1. The number of carboxylic acids is 1. The standard InChI is InChI=1S/C18H26N2O4/c1-2-14-10-16(12-20(11-14)9-8-17(21)22)19-18(23)24-13-15-6-4-3-5-7-15/h3-7,14,16H,2,8-13H2,1H3,(H,19,23)(H,21,22). The predicted octanol–water partition coefficient (Wildman–Crippen LogP) is 2.49. The van der Waals surface area contributed by atoms with Crippen LogP contribution in [0, 0.1) is 5.92 Å². The third-order valence-electron chi connectivity index (χ3n) is 4.37. The molecule has 2 atom stereocenters. The lowest BCUT2D eigenvalue weighted by Gasteiger charge is -2.37. The van der Waals surface area contributed by atoms with Gasteiger partial charge in [0.1, 0.15) is 6.61 Å². The van der Waals surface area contributed by atoms with Crippen LogP contribution in [-0.4, -0.2) is 47.7 Å². The number of likely N-dealkylation sites (tertiary alicyclic amines) is 1. The van der Waals surface area contributed by atoms with Crippen LogP contribution in [0.2, 0.25) is 0 Å². The van der Waals surface area contributed by atoms with Gasteiger partial charge in [-0.15, -0.1) is 0 Å². The molecule has 24 heavy (non-hydrogen) atoms. The average molecular weight is 334 g/mol. The van der Waals surface area contributed by atoms with Crippen molar-refractivity contribution in [3.8, 4) is 0 Å². The number of alkyl carbamates (subject to hydrolysis) is 1. The minimum absolute atomic E-state index is 0.000711. The zero-order valence-electron chi connectivity index (χ0n) is 14.1. The number of carbonyl (C=O) groups is 2. The molecule has 1 aliphatic heterocycles. The van der Waals surface area contributed by atoms with Crippen LogP contribution in [0.5, 0.6) is 0 Å². The van der Waals surface area contributed by atoms with E-state index in [0.29, 0.717) is 19.0 Å². The van der Waals surface area contributed by atoms with E-state index in [9.17, 15) is 9.59 Å². The van der Waals surface area contributed by atoms with Gasteiger partial charge in [0, 0.05) is 25.7 Å². The fourth-order valence-electron chi connectivity index (χ4n) is 3.07. The van der Waals surface area contributed by atoms with Crippen molar-refractivity contribution in [3.63, 3.8) is 0 Å². The van der Waals surface area contributed by atoms with Gasteiger partial charge in [-0.1, -0.05) is 43.7 Å². The van der Waals surface area contributed by atoms with Crippen molar-refractivity contribution >= 4 is 12.1 Å². The minimum atomic E-state index is -0.791. The quantitative estimate of drug-likeness (QED) is 0.801. The molecule has 0 aromatic heterocycles. The second kappa shape index (κ2) is 9.27. The highest BCUT2D eigenvalue weighted by Gasteiger charge is 2.27. The molecule has 1 aliphatic rings. The Bertz CT molecular complexity index is 535. The van der Waals surface area contributed by atoms with Gasteiger partial charge in [0.25, 0.3) is 0 Å². The van der Waals surface area contributed by atoms with Crippen LogP contribution >= 0.6 is 0 Å². The van der Waals surface area contributed by atoms with Crippen molar-refractivity contribution in [2.75, 3.05) is 19.6 Å². The lowest BCUT2D eigenvalue weighted by molar-refractivity contribution is -0.137.